The number of phenolic OH excluding ortho intramolecular Hbond substituents is 1. The number of thiol groups is 1. The summed E-state index contributed by atoms with van der Waals surface area (Å²) in [7, 11) is 1.44. The van der Waals surface area contributed by atoms with Crippen LogP contribution in [0.1, 0.15) is 22.3 Å². The summed E-state index contributed by atoms with van der Waals surface area (Å²) < 4.78 is 4.92. The van der Waals surface area contributed by atoms with Crippen molar-refractivity contribution in [3.63, 3.8) is 0 Å². The fraction of sp³-hybridized carbons (Fsp3) is 0.250. The van der Waals surface area contributed by atoms with E-state index in [0.29, 0.717) is 16.9 Å². The van der Waals surface area contributed by atoms with Crippen LogP contribution in [-0.2, 0) is 0 Å². The van der Waals surface area contributed by atoms with Crippen molar-refractivity contribution in [1.82, 2.24) is 0 Å². The van der Waals surface area contributed by atoms with Crippen LogP contribution in [0.5, 0.6) is 11.5 Å². The van der Waals surface area contributed by atoms with Crippen LogP contribution in [0.15, 0.2) is 18.2 Å². The highest BCUT2D eigenvalue weighted by Crippen LogP contribution is 2.29. The van der Waals surface area contributed by atoms with Crippen LogP contribution in [0.3, 0.4) is 0 Å². The molecule has 0 aromatic heterocycles. The normalized spacial score (nSPS) is 10.6. The fourth-order valence-corrected chi connectivity index (χ4v) is 1.44. The molecule has 0 aliphatic rings. The molecule has 1 aromatic carbocycles. The minimum atomic E-state index is 0.0265. The molecule has 0 saturated heterocycles. The van der Waals surface area contributed by atoms with Crippen LogP contribution >= 0.6 is 12.6 Å². The first kappa shape index (κ1) is 12.6. The van der Waals surface area contributed by atoms with E-state index in [1.54, 1.807) is 6.08 Å². The molecular weight excluding hydrogens is 224 g/mol. The Bertz CT molecular complexity index is 399. The van der Waals surface area contributed by atoms with Crippen molar-refractivity contribution in [2.24, 2.45) is 0 Å². The number of carbonyl (C=O) groups excluding carboxylic acids is 1. The highest BCUT2D eigenvalue weighted by molar-refractivity contribution is 7.80. The molecule has 4 heteroatoms. The lowest BCUT2D eigenvalue weighted by atomic mass is 10.1. The third-order valence-corrected chi connectivity index (χ3v) is 2.36. The van der Waals surface area contributed by atoms with Crippen molar-refractivity contribution >= 4 is 25.0 Å². The molecule has 0 saturated carbocycles. The molecule has 0 aliphatic heterocycles. The Labute approximate surface area is 100 Å². The molecule has 0 bridgehead atoms. The zero-order valence-electron chi connectivity index (χ0n) is 9.01. The number of allylic oxidation sites excluding steroid dienone is 1. The third-order valence-electron chi connectivity index (χ3n) is 2.10. The summed E-state index contributed by atoms with van der Waals surface area (Å²) in [6, 6.07) is 3.03. The van der Waals surface area contributed by atoms with E-state index in [1.165, 1.54) is 19.2 Å². The zero-order valence-corrected chi connectivity index (χ0v) is 9.91. The van der Waals surface area contributed by atoms with E-state index in [0.717, 1.165) is 18.5 Å². The van der Waals surface area contributed by atoms with Gasteiger partial charge in [-0.25, -0.2) is 0 Å². The number of hydrogen-bond acceptors (Lipinski definition) is 4. The van der Waals surface area contributed by atoms with Gasteiger partial charge in [-0.05, 0) is 29.9 Å². The number of benzene rings is 1. The Kier molecular flexibility index (Phi) is 4.92. The first-order valence-corrected chi connectivity index (χ1v) is 5.49. The van der Waals surface area contributed by atoms with Gasteiger partial charge in [0.05, 0.1) is 7.11 Å². The van der Waals surface area contributed by atoms with Crippen LogP contribution in [0.25, 0.3) is 6.08 Å². The number of aldehydes is 1. The number of methoxy groups -OCH3 is 1. The molecule has 0 radical (unpaired) electrons. The number of hydrogen-bond donors (Lipinski definition) is 2. The maximum Gasteiger partial charge on any atom is 0.161 e. The topological polar surface area (TPSA) is 46.5 Å². The van der Waals surface area contributed by atoms with Crippen LogP contribution in [0, 0.1) is 0 Å². The van der Waals surface area contributed by atoms with Crippen molar-refractivity contribution in [2.45, 2.75) is 6.42 Å². The van der Waals surface area contributed by atoms with Gasteiger partial charge in [-0.3, -0.25) is 4.79 Å². The third kappa shape index (κ3) is 3.03. The molecule has 3 nitrogen and oxygen atoms in total. The average molecular weight is 238 g/mol. The maximum absolute atomic E-state index is 10.9. The van der Waals surface area contributed by atoms with Gasteiger partial charge in [0.25, 0.3) is 0 Å². The molecule has 0 aliphatic carbocycles. The highest BCUT2D eigenvalue weighted by atomic mass is 32.1. The van der Waals surface area contributed by atoms with Gasteiger partial charge in [-0.2, -0.15) is 12.6 Å². The average Bonchev–Trinajstić information content (AvgIpc) is 2.30. The number of phenols is 1. The van der Waals surface area contributed by atoms with Crippen LogP contribution in [-0.4, -0.2) is 24.3 Å². The molecule has 0 amide bonds. The zero-order chi connectivity index (χ0) is 12.0. The van der Waals surface area contributed by atoms with Crippen molar-refractivity contribution in [3.05, 3.63) is 29.3 Å². The van der Waals surface area contributed by atoms with E-state index in [9.17, 15) is 9.90 Å². The molecule has 0 unspecified atom stereocenters. The minimum Gasteiger partial charge on any atom is -0.504 e. The van der Waals surface area contributed by atoms with Gasteiger partial charge in [0.15, 0.2) is 17.8 Å². The Morgan fingerprint density at radius 3 is 2.75 bits per heavy atom. The van der Waals surface area contributed by atoms with Gasteiger partial charge in [0.2, 0.25) is 0 Å². The maximum atomic E-state index is 10.9. The largest absolute Gasteiger partial charge is 0.504 e. The monoisotopic (exact) mass is 238 g/mol. The summed E-state index contributed by atoms with van der Waals surface area (Å²) in [4.78, 5) is 10.9. The fourth-order valence-electron chi connectivity index (χ4n) is 1.29. The lowest BCUT2D eigenvalue weighted by molar-refractivity contribution is 0.112. The summed E-state index contributed by atoms with van der Waals surface area (Å²) in [6.45, 7) is 0. The van der Waals surface area contributed by atoms with E-state index in [-0.39, 0.29) is 5.75 Å². The SMILES string of the molecule is COc1cc(C=O)c(C=CCCS)cc1O. The number of aromatic hydroxyl groups is 1. The molecule has 16 heavy (non-hydrogen) atoms. The smallest absolute Gasteiger partial charge is 0.161 e. The lowest BCUT2D eigenvalue weighted by Gasteiger charge is -2.06. The van der Waals surface area contributed by atoms with E-state index >= 15 is 0 Å². The molecule has 1 rings (SSSR count). The quantitative estimate of drug-likeness (QED) is 0.612. The first-order valence-electron chi connectivity index (χ1n) is 4.86. The predicted octanol–water partition coefficient (Wildman–Crippen LogP) is 2.55. The molecule has 1 aromatic rings. The Hall–Kier alpha value is -1.42. The molecule has 0 spiro atoms. The second kappa shape index (κ2) is 6.23. The standard InChI is InChI=1S/C12H14O3S/c1-15-12-7-10(8-13)9(6-11(12)14)4-2-3-5-16/h2,4,6-8,14,16H,3,5H2,1H3. The van der Waals surface area contributed by atoms with Gasteiger partial charge in [0, 0.05) is 5.56 Å². The van der Waals surface area contributed by atoms with Gasteiger partial charge >= 0.3 is 0 Å². The first-order chi connectivity index (χ1) is 7.72. The van der Waals surface area contributed by atoms with Gasteiger partial charge in [0.1, 0.15) is 0 Å². The van der Waals surface area contributed by atoms with Crippen molar-refractivity contribution in [2.75, 3.05) is 12.9 Å². The Morgan fingerprint density at radius 2 is 2.19 bits per heavy atom. The van der Waals surface area contributed by atoms with Gasteiger partial charge in [-0.15, -0.1) is 0 Å². The van der Waals surface area contributed by atoms with Gasteiger partial charge in [-0.1, -0.05) is 12.2 Å². The lowest BCUT2D eigenvalue weighted by Crippen LogP contribution is -1.90. The van der Waals surface area contributed by atoms with E-state index in [1.807, 2.05) is 6.08 Å². The second-order valence-corrected chi connectivity index (χ2v) is 3.63. The summed E-state index contributed by atoms with van der Waals surface area (Å²) in [6.07, 6.45) is 5.25. The summed E-state index contributed by atoms with van der Waals surface area (Å²) in [5.41, 5.74) is 1.17. The van der Waals surface area contributed by atoms with E-state index < -0.39 is 0 Å². The van der Waals surface area contributed by atoms with Crippen LogP contribution in [0.2, 0.25) is 0 Å². The van der Waals surface area contributed by atoms with Crippen molar-refractivity contribution < 1.29 is 14.6 Å². The van der Waals surface area contributed by atoms with Crippen LogP contribution in [0.4, 0.5) is 0 Å². The molecule has 1 N–H and O–H groups in total. The molecule has 0 fully saturated rings. The van der Waals surface area contributed by atoms with Gasteiger partial charge < -0.3 is 9.84 Å². The Balaban J connectivity index is 3.08. The minimum absolute atomic E-state index is 0.0265. The molecular formula is C12H14O3S. The molecule has 0 heterocycles. The summed E-state index contributed by atoms with van der Waals surface area (Å²) in [5.74, 6) is 1.07. The predicted molar refractivity (Wildman–Crippen MR) is 67.6 cm³/mol. The molecule has 86 valence electrons. The highest BCUT2D eigenvalue weighted by Gasteiger charge is 2.06. The van der Waals surface area contributed by atoms with Crippen molar-refractivity contribution in [3.8, 4) is 11.5 Å². The summed E-state index contributed by atoms with van der Waals surface area (Å²) in [5, 5.41) is 9.58. The van der Waals surface area contributed by atoms with Crippen molar-refractivity contribution in [1.29, 1.82) is 0 Å². The van der Waals surface area contributed by atoms with E-state index in [4.69, 9.17) is 4.74 Å². The number of ether oxygens (including phenoxy) is 1. The summed E-state index contributed by atoms with van der Waals surface area (Å²) >= 11 is 4.08. The molecule has 0 atom stereocenters. The number of rotatable bonds is 5. The number of carbonyl (C=O) groups is 1. The van der Waals surface area contributed by atoms with E-state index in [2.05, 4.69) is 12.6 Å². The Morgan fingerprint density at radius 1 is 1.44 bits per heavy atom. The second-order valence-electron chi connectivity index (χ2n) is 3.19. The van der Waals surface area contributed by atoms with Crippen LogP contribution < -0.4 is 4.74 Å².